The van der Waals surface area contributed by atoms with E-state index in [1.54, 1.807) is 6.20 Å². The van der Waals surface area contributed by atoms with Gasteiger partial charge in [-0.1, -0.05) is 12.1 Å². The molecule has 2 aliphatic rings. The Balaban J connectivity index is 1.66. The molecular weight excluding hydrogens is 380 g/mol. The zero-order valence-electron chi connectivity index (χ0n) is 16.2. The van der Waals surface area contributed by atoms with Gasteiger partial charge in [-0.3, -0.25) is 14.5 Å². The van der Waals surface area contributed by atoms with Crippen LogP contribution in [0.25, 0.3) is 0 Å². The number of carbonyl (C=O) groups excluding carboxylic acids is 2. The number of benzene rings is 1. The molecule has 29 heavy (non-hydrogen) atoms. The second kappa shape index (κ2) is 7.51. The lowest BCUT2D eigenvalue weighted by atomic mass is 9.92. The molecule has 2 fully saturated rings. The summed E-state index contributed by atoms with van der Waals surface area (Å²) in [6, 6.07) is 4.67. The number of anilines is 1. The van der Waals surface area contributed by atoms with Crippen LogP contribution in [0, 0.1) is 31.4 Å². The third-order valence-electron chi connectivity index (χ3n) is 5.36. The van der Waals surface area contributed by atoms with Gasteiger partial charge in [0.2, 0.25) is 5.91 Å². The van der Waals surface area contributed by atoms with Gasteiger partial charge in [-0.15, -0.1) is 0 Å². The summed E-state index contributed by atoms with van der Waals surface area (Å²) in [6.07, 6.45) is 1.66. The van der Waals surface area contributed by atoms with Gasteiger partial charge in [0, 0.05) is 18.7 Å². The molecule has 6 nitrogen and oxygen atoms in total. The van der Waals surface area contributed by atoms with Crippen LogP contribution in [0.4, 0.5) is 14.6 Å². The first-order valence-corrected chi connectivity index (χ1v) is 9.41. The number of pyridine rings is 1. The van der Waals surface area contributed by atoms with Crippen LogP contribution in [0.5, 0.6) is 0 Å². The number of amides is 2. The zero-order valence-corrected chi connectivity index (χ0v) is 16.2. The van der Waals surface area contributed by atoms with E-state index in [0.29, 0.717) is 24.6 Å². The summed E-state index contributed by atoms with van der Waals surface area (Å²) in [4.78, 5) is 33.6. The average Bonchev–Trinajstić information content (AvgIpc) is 2.62. The lowest BCUT2D eigenvalue weighted by Crippen LogP contribution is -2.65. The van der Waals surface area contributed by atoms with E-state index in [-0.39, 0.29) is 30.8 Å². The summed E-state index contributed by atoms with van der Waals surface area (Å²) < 4.78 is 32.1. The lowest BCUT2D eigenvalue weighted by molar-refractivity contribution is -0.155. The first kappa shape index (κ1) is 19.4. The van der Waals surface area contributed by atoms with Gasteiger partial charge in [-0.05, 0) is 42.7 Å². The molecule has 0 aliphatic carbocycles. The van der Waals surface area contributed by atoms with Crippen molar-refractivity contribution in [1.82, 2.24) is 9.88 Å². The molecule has 0 saturated carbocycles. The van der Waals surface area contributed by atoms with Crippen molar-refractivity contribution >= 4 is 17.6 Å². The number of carbonyl (C=O) groups is 2. The molecule has 2 saturated heterocycles. The molecule has 3 heterocycles. The average molecular weight is 401 g/mol. The molecule has 2 aromatic rings. The van der Waals surface area contributed by atoms with Gasteiger partial charge >= 0.3 is 0 Å². The minimum absolute atomic E-state index is 0.0249. The summed E-state index contributed by atoms with van der Waals surface area (Å²) in [6.45, 7) is 4.37. The van der Waals surface area contributed by atoms with E-state index in [1.807, 2.05) is 19.9 Å². The molecule has 0 radical (unpaired) electrons. The molecule has 1 aromatic carbocycles. The van der Waals surface area contributed by atoms with E-state index < -0.39 is 17.7 Å². The first-order valence-electron chi connectivity index (χ1n) is 9.41. The fourth-order valence-electron chi connectivity index (χ4n) is 3.84. The predicted octanol–water partition coefficient (Wildman–Crippen LogP) is 2.37. The van der Waals surface area contributed by atoms with Gasteiger partial charge in [0.25, 0.3) is 5.91 Å². The predicted molar refractivity (Wildman–Crippen MR) is 101 cm³/mol. The van der Waals surface area contributed by atoms with Crippen LogP contribution in [0.3, 0.4) is 0 Å². The Kier molecular flexibility index (Phi) is 5.04. The Hall–Kier alpha value is -2.87. The molecule has 4 rings (SSSR count). The topological polar surface area (TPSA) is 62.7 Å². The maximum atomic E-state index is 13.6. The van der Waals surface area contributed by atoms with Crippen LogP contribution in [0.15, 0.2) is 30.5 Å². The fraction of sp³-hybridized carbons (Fsp3) is 0.381. The normalized spacial score (nSPS) is 20.2. The number of piperazine rings is 1. The van der Waals surface area contributed by atoms with Crippen LogP contribution in [-0.4, -0.2) is 47.5 Å². The summed E-state index contributed by atoms with van der Waals surface area (Å²) in [5, 5.41) is 0. The van der Waals surface area contributed by atoms with Crippen molar-refractivity contribution in [3.8, 4) is 0 Å². The van der Waals surface area contributed by atoms with Crippen molar-refractivity contribution in [3.63, 3.8) is 0 Å². The standard InChI is InChI=1S/C21H21F2N3O3/c1-12-5-13(2)20(24-7-12)26-9-18(27)25(19(21(26)28)15-10-29-11-15)8-14-3-4-16(22)17(23)6-14/h3-7,15,19H,8-11H2,1-2H3. The Morgan fingerprint density at radius 1 is 1.14 bits per heavy atom. The summed E-state index contributed by atoms with van der Waals surface area (Å²) >= 11 is 0. The molecule has 8 heteroatoms. The molecule has 2 amide bonds. The van der Waals surface area contributed by atoms with E-state index in [2.05, 4.69) is 4.98 Å². The monoisotopic (exact) mass is 401 g/mol. The molecule has 2 aliphatic heterocycles. The molecule has 1 aromatic heterocycles. The van der Waals surface area contributed by atoms with Crippen molar-refractivity contribution in [2.75, 3.05) is 24.7 Å². The highest BCUT2D eigenvalue weighted by molar-refractivity contribution is 6.06. The summed E-state index contributed by atoms with van der Waals surface area (Å²) in [5.74, 6) is -2.13. The number of aryl methyl sites for hydroxylation is 2. The second-order valence-electron chi connectivity index (χ2n) is 7.59. The minimum Gasteiger partial charge on any atom is -0.380 e. The van der Waals surface area contributed by atoms with Gasteiger partial charge in [-0.2, -0.15) is 0 Å². The van der Waals surface area contributed by atoms with Gasteiger partial charge in [0.15, 0.2) is 11.6 Å². The largest absolute Gasteiger partial charge is 0.380 e. The van der Waals surface area contributed by atoms with Crippen LogP contribution < -0.4 is 4.90 Å². The number of halogens is 2. The van der Waals surface area contributed by atoms with Crippen molar-refractivity contribution in [2.24, 2.45) is 5.92 Å². The lowest BCUT2D eigenvalue weighted by Gasteiger charge is -2.45. The molecular formula is C21H21F2N3O3. The Morgan fingerprint density at radius 2 is 1.90 bits per heavy atom. The maximum Gasteiger partial charge on any atom is 0.251 e. The van der Waals surface area contributed by atoms with E-state index in [1.165, 1.54) is 15.9 Å². The van der Waals surface area contributed by atoms with Crippen molar-refractivity contribution < 1.29 is 23.1 Å². The maximum absolute atomic E-state index is 13.6. The third kappa shape index (κ3) is 3.60. The second-order valence-corrected chi connectivity index (χ2v) is 7.59. The van der Waals surface area contributed by atoms with Crippen LogP contribution in [0.1, 0.15) is 16.7 Å². The highest BCUT2D eigenvalue weighted by Crippen LogP contribution is 2.30. The number of aromatic nitrogens is 1. The number of ether oxygens (including phenoxy) is 1. The molecule has 1 unspecified atom stereocenters. The van der Waals surface area contributed by atoms with E-state index in [4.69, 9.17) is 4.74 Å². The highest BCUT2D eigenvalue weighted by atomic mass is 19.2. The van der Waals surface area contributed by atoms with E-state index in [0.717, 1.165) is 23.3 Å². The van der Waals surface area contributed by atoms with Crippen LogP contribution in [-0.2, 0) is 20.9 Å². The molecule has 152 valence electrons. The fourth-order valence-corrected chi connectivity index (χ4v) is 3.84. The van der Waals surface area contributed by atoms with Gasteiger partial charge in [-0.25, -0.2) is 13.8 Å². The van der Waals surface area contributed by atoms with Gasteiger partial charge in [0.05, 0.1) is 13.2 Å². The van der Waals surface area contributed by atoms with Crippen molar-refractivity contribution in [1.29, 1.82) is 0 Å². The summed E-state index contributed by atoms with van der Waals surface area (Å²) in [7, 11) is 0. The quantitative estimate of drug-likeness (QED) is 0.789. The minimum atomic E-state index is -0.983. The van der Waals surface area contributed by atoms with Crippen LogP contribution >= 0.6 is 0 Å². The first-order chi connectivity index (χ1) is 13.8. The Bertz CT molecular complexity index is 978. The third-order valence-corrected chi connectivity index (χ3v) is 5.36. The Labute approximate surface area is 167 Å². The van der Waals surface area contributed by atoms with Crippen molar-refractivity contribution in [3.05, 3.63) is 58.8 Å². The Morgan fingerprint density at radius 3 is 2.52 bits per heavy atom. The van der Waals surface area contributed by atoms with Gasteiger partial charge < -0.3 is 9.64 Å². The molecule has 0 N–H and O–H groups in total. The molecule has 1 atom stereocenters. The number of hydrogen-bond acceptors (Lipinski definition) is 4. The van der Waals surface area contributed by atoms with Crippen molar-refractivity contribution in [2.45, 2.75) is 26.4 Å². The van der Waals surface area contributed by atoms with E-state index >= 15 is 0 Å². The SMILES string of the molecule is Cc1cnc(N2CC(=O)N(Cc3ccc(F)c(F)c3)C(C3COC3)C2=O)c(C)c1. The highest BCUT2D eigenvalue weighted by Gasteiger charge is 2.47. The smallest absolute Gasteiger partial charge is 0.251 e. The number of hydrogen-bond donors (Lipinski definition) is 0. The van der Waals surface area contributed by atoms with Crippen LogP contribution in [0.2, 0.25) is 0 Å². The zero-order chi connectivity index (χ0) is 20.7. The number of rotatable bonds is 4. The summed E-state index contributed by atoms with van der Waals surface area (Å²) in [5.41, 5.74) is 2.20. The number of nitrogens with zero attached hydrogens (tertiary/aromatic N) is 3. The molecule has 0 bridgehead atoms. The van der Waals surface area contributed by atoms with Gasteiger partial charge in [0.1, 0.15) is 18.4 Å². The molecule has 0 spiro atoms. The van der Waals surface area contributed by atoms with E-state index in [9.17, 15) is 18.4 Å².